The van der Waals surface area contributed by atoms with E-state index in [4.69, 9.17) is 0 Å². The molecule has 3 nitrogen and oxygen atoms in total. The topological polar surface area (TPSA) is 42.0 Å². The zero-order chi connectivity index (χ0) is 14.3. The SMILES string of the molecule is Cc1cc(C)c(NC(=O)CC2CC3CCC2C3)c(C)n1. The van der Waals surface area contributed by atoms with Gasteiger partial charge in [-0.05, 0) is 69.4 Å². The van der Waals surface area contributed by atoms with Crippen LogP contribution in [0.15, 0.2) is 6.07 Å². The van der Waals surface area contributed by atoms with E-state index in [9.17, 15) is 4.79 Å². The van der Waals surface area contributed by atoms with Crippen molar-refractivity contribution in [2.75, 3.05) is 5.32 Å². The van der Waals surface area contributed by atoms with Crippen molar-refractivity contribution in [3.8, 4) is 0 Å². The molecule has 0 saturated heterocycles. The van der Waals surface area contributed by atoms with Crippen LogP contribution in [0.5, 0.6) is 0 Å². The highest BCUT2D eigenvalue weighted by molar-refractivity contribution is 5.92. The Bertz CT molecular complexity index is 515. The van der Waals surface area contributed by atoms with Crippen LogP contribution in [-0.2, 0) is 4.79 Å². The highest BCUT2D eigenvalue weighted by Gasteiger charge is 2.40. The van der Waals surface area contributed by atoms with Crippen molar-refractivity contribution < 1.29 is 4.79 Å². The molecule has 0 spiro atoms. The summed E-state index contributed by atoms with van der Waals surface area (Å²) in [6, 6.07) is 2.03. The van der Waals surface area contributed by atoms with E-state index in [0.717, 1.165) is 34.5 Å². The summed E-state index contributed by atoms with van der Waals surface area (Å²) in [4.78, 5) is 16.7. The van der Waals surface area contributed by atoms with Crippen LogP contribution in [0, 0.1) is 38.5 Å². The molecule has 108 valence electrons. The number of aromatic nitrogens is 1. The van der Waals surface area contributed by atoms with Crippen LogP contribution in [0.2, 0.25) is 0 Å². The Hall–Kier alpha value is -1.38. The summed E-state index contributed by atoms with van der Waals surface area (Å²) in [6.45, 7) is 5.99. The van der Waals surface area contributed by atoms with Gasteiger partial charge in [0.25, 0.3) is 0 Å². The van der Waals surface area contributed by atoms with Crippen LogP contribution < -0.4 is 5.32 Å². The van der Waals surface area contributed by atoms with E-state index in [1.54, 1.807) is 0 Å². The molecule has 2 aliphatic rings. The Morgan fingerprint density at radius 2 is 2.10 bits per heavy atom. The van der Waals surface area contributed by atoms with E-state index >= 15 is 0 Å². The average Bonchev–Trinajstić information content (AvgIpc) is 2.95. The Labute approximate surface area is 121 Å². The molecule has 20 heavy (non-hydrogen) atoms. The summed E-state index contributed by atoms with van der Waals surface area (Å²) >= 11 is 0. The molecule has 2 saturated carbocycles. The molecule has 2 bridgehead atoms. The molecule has 1 heterocycles. The minimum atomic E-state index is 0.166. The monoisotopic (exact) mass is 272 g/mol. The molecule has 0 aliphatic heterocycles. The van der Waals surface area contributed by atoms with Gasteiger partial charge in [-0.2, -0.15) is 0 Å². The summed E-state index contributed by atoms with van der Waals surface area (Å²) in [7, 11) is 0. The van der Waals surface area contributed by atoms with Crippen LogP contribution in [0.3, 0.4) is 0 Å². The third kappa shape index (κ3) is 2.58. The summed E-state index contributed by atoms with van der Waals surface area (Å²) in [6.07, 6.45) is 6.05. The number of pyridine rings is 1. The second-order valence-electron chi connectivity index (χ2n) is 6.73. The maximum absolute atomic E-state index is 12.3. The van der Waals surface area contributed by atoms with Crippen molar-refractivity contribution >= 4 is 11.6 Å². The van der Waals surface area contributed by atoms with Crippen molar-refractivity contribution in [3.05, 3.63) is 23.0 Å². The lowest BCUT2D eigenvalue weighted by Crippen LogP contribution is -2.21. The van der Waals surface area contributed by atoms with Gasteiger partial charge in [-0.25, -0.2) is 0 Å². The van der Waals surface area contributed by atoms with Crippen LogP contribution in [0.4, 0.5) is 5.69 Å². The first-order chi connectivity index (χ1) is 9.52. The van der Waals surface area contributed by atoms with E-state index in [1.165, 1.54) is 25.7 Å². The molecule has 3 rings (SSSR count). The molecule has 1 N–H and O–H groups in total. The number of fused-ring (bicyclic) bond motifs is 2. The lowest BCUT2D eigenvalue weighted by molar-refractivity contribution is -0.117. The van der Waals surface area contributed by atoms with Gasteiger partial charge in [-0.15, -0.1) is 0 Å². The summed E-state index contributed by atoms with van der Waals surface area (Å²) in [5.74, 6) is 2.50. The fourth-order valence-corrected chi connectivity index (χ4v) is 4.27. The highest BCUT2D eigenvalue weighted by atomic mass is 16.1. The fraction of sp³-hybridized carbons (Fsp3) is 0.647. The van der Waals surface area contributed by atoms with Crippen molar-refractivity contribution in [1.29, 1.82) is 0 Å². The van der Waals surface area contributed by atoms with E-state index in [1.807, 2.05) is 26.8 Å². The van der Waals surface area contributed by atoms with E-state index in [0.29, 0.717) is 12.3 Å². The summed E-state index contributed by atoms with van der Waals surface area (Å²) in [5, 5.41) is 3.09. The van der Waals surface area contributed by atoms with Crippen molar-refractivity contribution in [2.45, 2.75) is 52.9 Å². The molecular weight excluding hydrogens is 248 g/mol. The van der Waals surface area contributed by atoms with Gasteiger partial charge in [0.2, 0.25) is 5.91 Å². The Balaban J connectivity index is 1.65. The lowest BCUT2D eigenvalue weighted by Gasteiger charge is -2.21. The first-order valence-electron chi connectivity index (χ1n) is 7.77. The lowest BCUT2D eigenvalue weighted by atomic mass is 9.86. The predicted octanol–water partition coefficient (Wildman–Crippen LogP) is 3.77. The summed E-state index contributed by atoms with van der Waals surface area (Å²) in [5.41, 5.74) is 3.94. The molecule has 1 aromatic heterocycles. The zero-order valence-corrected chi connectivity index (χ0v) is 12.7. The molecule has 0 radical (unpaired) electrons. The first-order valence-corrected chi connectivity index (χ1v) is 7.77. The van der Waals surface area contributed by atoms with Gasteiger partial charge in [-0.1, -0.05) is 6.42 Å². The molecular formula is C17H24N2O. The first kappa shape index (κ1) is 13.6. The van der Waals surface area contributed by atoms with Gasteiger partial charge in [0.15, 0.2) is 0 Å². The number of carbonyl (C=O) groups is 1. The van der Waals surface area contributed by atoms with E-state index < -0.39 is 0 Å². The Morgan fingerprint density at radius 1 is 1.30 bits per heavy atom. The Morgan fingerprint density at radius 3 is 2.70 bits per heavy atom. The zero-order valence-electron chi connectivity index (χ0n) is 12.7. The van der Waals surface area contributed by atoms with Crippen LogP contribution in [-0.4, -0.2) is 10.9 Å². The minimum absolute atomic E-state index is 0.166. The summed E-state index contributed by atoms with van der Waals surface area (Å²) < 4.78 is 0. The van der Waals surface area contributed by atoms with E-state index in [2.05, 4.69) is 10.3 Å². The van der Waals surface area contributed by atoms with Gasteiger partial charge in [0.1, 0.15) is 0 Å². The van der Waals surface area contributed by atoms with Crippen molar-refractivity contribution in [2.24, 2.45) is 17.8 Å². The second-order valence-corrected chi connectivity index (χ2v) is 6.73. The number of hydrogen-bond donors (Lipinski definition) is 1. The van der Waals surface area contributed by atoms with Crippen LogP contribution >= 0.6 is 0 Å². The van der Waals surface area contributed by atoms with Gasteiger partial charge in [0, 0.05) is 12.1 Å². The van der Waals surface area contributed by atoms with Crippen molar-refractivity contribution in [3.63, 3.8) is 0 Å². The van der Waals surface area contributed by atoms with Crippen LogP contribution in [0.25, 0.3) is 0 Å². The molecule has 2 fully saturated rings. The minimum Gasteiger partial charge on any atom is -0.324 e. The maximum atomic E-state index is 12.3. The van der Waals surface area contributed by atoms with Crippen molar-refractivity contribution in [1.82, 2.24) is 4.98 Å². The second kappa shape index (κ2) is 5.19. The maximum Gasteiger partial charge on any atom is 0.224 e. The van der Waals surface area contributed by atoms with Gasteiger partial charge in [0.05, 0.1) is 11.4 Å². The Kier molecular flexibility index (Phi) is 3.53. The third-order valence-corrected chi connectivity index (χ3v) is 5.12. The number of rotatable bonds is 3. The largest absolute Gasteiger partial charge is 0.324 e. The molecule has 3 atom stereocenters. The van der Waals surface area contributed by atoms with E-state index in [-0.39, 0.29) is 5.91 Å². The normalized spacial score (nSPS) is 27.9. The standard InChI is InChI=1S/C17H24N2O/c1-10-6-11(2)18-12(3)17(10)19-16(20)9-15-8-13-4-5-14(15)7-13/h6,13-15H,4-5,7-9H2,1-3H3,(H,19,20). The average molecular weight is 272 g/mol. The van der Waals surface area contributed by atoms with Gasteiger partial charge >= 0.3 is 0 Å². The van der Waals surface area contributed by atoms with Gasteiger partial charge < -0.3 is 5.32 Å². The molecule has 3 heteroatoms. The number of nitrogens with zero attached hydrogens (tertiary/aromatic N) is 1. The number of nitrogens with one attached hydrogen (secondary N) is 1. The number of anilines is 1. The molecule has 2 aliphatic carbocycles. The molecule has 1 aromatic rings. The van der Waals surface area contributed by atoms with Crippen LogP contribution in [0.1, 0.15) is 49.1 Å². The number of aryl methyl sites for hydroxylation is 3. The number of hydrogen-bond acceptors (Lipinski definition) is 2. The number of carbonyl (C=O) groups excluding carboxylic acids is 1. The smallest absolute Gasteiger partial charge is 0.224 e. The third-order valence-electron chi connectivity index (χ3n) is 5.12. The highest BCUT2D eigenvalue weighted by Crippen LogP contribution is 2.49. The van der Waals surface area contributed by atoms with Gasteiger partial charge in [-0.3, -0.25) is 9.78 Å². The fourth-order valence-electron chi connectivity index (χ4n) is 4.27. The molecule has 1 amide bonds. The molecule has 3 unspecified atom stereocenters. The quantitative estimate of drug-likeness (QED) is 0.910. The predicted molar refractivity (Wildman–Crippen MR) is 80.6 cm³/mol. The molecule has 0 aromatic carbocycles. The number of amides is 1.